The molecule has 2 aliphatic rings. The van der Waals surface area contributed by atoms with Crippen LogP contribution in [0.3, 0.4) is 0 Å². The molecule has 7 N–H and O–H groups in total. The Bertz CT molecular complexity index is 2590. The van der Waals surface area contributed by atoms with E-state index in [9.17, 15) is 19.2 Å². The van der Waals surface area contributed by atoms with Crippen LogP contribution in [0.5, 0.6) is 0 Å². The van der Waals surface area contributed by atoms with Crippen LogP contribution < -0.4 is 32.5 Å². The quantitative estimate of drug-likeness (QED) is 0.0418. The van der Waals surface area contributed by atoms with Gasteiger partial charge >= 0.3 is 6.09 Å². The molecular formula is C61H84N6O7. The minimum atomic E-state index is -0.618. The topological polar surface area (TPSA) is 187 Å². The highest BCUT2D eigenvalue weighted by Gasteiger charge is 2.32. The summed E-state index contributed by atoms with van der Waals surface area (Å²) in [5, 5.41) is 5.78. The third-order valence-corrected chi connectivity index (χ3v) is 13.0. The van der Waals surface area contributed by atoms with Crippen molar-refractivity contribution >= 4 is 29.4 Å². The first-order valence-corrected chi connectivity index (χ1v) is 26.3. The highest BCUT2D eigenvalue weighted by molar-refractivity contribution is 5.96. The van der Waals surface area contributed by atoms with E-state index in [0.717, 1.165) is 56.6 Å². The van der Waals surface area contributed by atoms with E-state index >= 15 is 0 Å². The summed E-state index contributed by atoms with van der Waals surface area (Å²) in [5.74, 6) is 6.08. The minimum Gasteiger partial charge on any atom is -0.449 e. The molecule has 0 radical (unpaired) electrons. The first-order chi connectivity index (χ1) is 35.4. The third kappa shape index (κ3) is 17.2. The second-order valence-electron chi connectivity index (χ2n) is 20.0. The molecule has 0 bridgehead atoms. The van der Waals surface area contributed by atoms with Gasteiger partial charge in [0.15, 0.2) is 0 Å². The number of methoxy groups -OCH3 is 1. The number of fused-ring (bicyclic) bond motifs is 5. The van der Waals surface area contributed by atoms with E-state index in [-0.39, 0.29) is 55.2 Å². The van der Waals surface area contributed by atoms with Crippen LogP contribution in [0, 0.1) is 5.92 Å². The molecule has 5 aromatic carbocycles. The van der Waals surface area contributed by atoms with E-state index in [4.69, 9.17) is 25.8 Å². The average Bonchev–Trinajstić information content (AvgIpc) is 3.71. The van der Waals surface area contributed by atoms with Gasteiger partial charge in [-0.25, -0.2) is 4.79 Å². The molecule has 5 aromatic rings. The number of nitrogens with two attached hydrogens (primary N) is 2. The Labute approximate surface area is 441 Å². The normalized spacial score (nSPS) is 14.8. The first-order valence-electron chi connectivity index (χ1n) is 26.3. The van der Waals surface area contributed by atoms with Gasteiger partial charge in [-0.1, -0.05) is 139 Å². The van der Waals surface area contributed by atoms with E-state index in [2.05, 4.69) is 60.2 Å². The molecule has 400 valence electrons. The number of hydrogen-bond acceptors (Lipinski definition) is 10. The number of alkyl carbamates (subject to hydrolysis) is 1. The second kappa shape index (κ2) is 29.0. The number of carbonyl (C=O) groups excluding carboxylic acids is 4. The number of amides is 3. The molecule has 3 amide bonds. The minimum absolute atomic E-state index is 0.0475. The Morgan fingerprint density at radius 1 is 0.730 bits per heavy atom. The van der Waals surface area contributed by atoms with Crippen molar-refractivity contribution in [2.45, 2.75) is 138 Å². The summed E-state index contributed by atoms with van der Waals surface area (Å²) < 4.78 is 17.3. The maximum atomic E-state index is 13.8. The summed E-state index contributed by atoms with van der Waals surface area (Å²) in [6.07, 6.45) is 1.89. The lowest BCUT2D eigenvalue weighted by Crippen LogP contribution is -2.43. The number of ether oxygens (including phenoxy) is 3. The molecule has 0 saturated heterocycles. The summed E-state index contributed by atoms with van der Waals surface area (Å²) >= 11 is 0. The Morgan fingerprint density at radius 2 is 1.32 bits per heavy atom. The van der Waals surface area contributed by atoms with E-state index in [1.54, 1.807) is 12.0 Å². The number of para-hydroxylation sites is 1. The van der Waals surface area contributed by atoms with Crippen LogP contribution in [-0.2, 0) is 49.6 Å². The molecule has 0 fully saturated rings. The van der Waals surface area contributed by atoms with Crippen LogP contribution in [0.1, 0.15) is 144 Å². The number of benzene rings is 5. The van der Waals surface area contributed by atoms with Crippen molar-refractivity contribution in [1.82, 2.24) is 16.1 Å². The first kappa shape index (κ1) is 60.3. The van der Waals surface area contributed by atoms with Crippen molar-refractivity contribution in [3.63, 3.8) is 0 Å². The standard InChI is InChI=1S/C43H51N5O6.C14H21NO.2C2H6/c1-42(2,54-27-43(3,4)52-5)26-46-40(50)29-18-19-33-31-14-8-9-15-32(31)36(35(33)22-29)25-53-41(51)45-21-20-39(49)48-24-30-13-7-6-12-28(30)23-37(47-44)34-16-10-11-17-38(34)48;1-10(2)8-12-4-6-13(7-5-12)9-14(15)11(3)16;2*1-2/h6-19,22,36-37,47H,20-21,23-27,44H2,1-5H3,(H,45,51)(H,46,50);4-7,10,14H,8-9,15H2,1-3H3;2*1-2H3. The molecule has 13 heteroatoms. The summed E-state index contributed by atoms with van der Waals surface area (Å²) in [6, 6.07) is 37.3. The van der Waals surface area contributed by atoms with Gasteiger partial charge in [0, 0.05) is 43.8 Å². The van der Waals surface area contributed by atoms with Gasteiger partial charge in [0.1, 0.15) is 12.4 Å². The van der Waals surface area contributed by atoms with Gasteiger partial charge in [-0.2, -0.15) is 0 Å². The molecule has 13 nitrogen and oxygen atoms in total. The Hall–Kier alpha value is -6.22. The molecule has 74 heavy (non-hydrogen) atoms. The zero-order chi connectivity index (χ0) is 54.6. The van der Waals surface area contributed by atoms with Crippen LogP contribution in [0.15, 0.2) is 115 Å². The van der Waals surface area contributed by atoms with Crippen molar-refractivity contribution in [2.24, 2.45) is 17.5 Å². The Morgan fingerprint density at radius 3 is 1.96 bits per heavy atom. The van der Waals surface area contributed by atoms with Crippen molar-refractivity contribution in [3.8, 4) is 11.1 Å². The number of hydrogen-bond donors (Lipinski definition) is 5. The predicted molar refractivity (Wildman–Crippen MR) is 299 cm³/mol. The van der Waals surface area contributed by atoms with Crippen molar-refractivity contribution in [3.05, 3.63) is 160 Å². The Kier molecular flexibility index (Phi) is 23.7. The number of Topliss-reactive ketones (excluding diaryl/α,β-unsaturated/α-hetero) is 1. The number of carbonyl (C=O) groups is 4. The lowest BCUT2D eigenvalue weighted by molar-refractivity contribution is -0.119. The summed E-state index contributed by atoms with van der Waals surface area (Å²) in [5.41, 5.74) is 18.4. The van der Waals surface area contributed by atoms with Crippen molar-refractivity contribution in [2.75, 3.05) is 38.3 Å². The molecule has 1 aliphatic heterocycles. The smallest absolute Gasteiger partial charge is 0.407 e. The molecule has 7 rings (SSSR count). The molecule has 1 aliphatic carbocycles. The maximum absolute atomic E-state index is 13.8. The molecular weight excluding hydrogens is 929 g/mol. The lowest BCUT2D eigenvalue weighted by Gasteiger charge is -2.32. The van der Waals surface area contributed by atoms with E-state index in [0.29, 0.717) is 44.0 Å². The molecule has 1 heterocycles. The predicted octanol–water partition coefficient (Wildman–Crippen LogP) is 10.6. The van der Waals surface area contributed by atoms with E-state index < -0.39 is 17.3 Å². The largest absolute Gasteiger partial charge is 0.449 e. The van der Waals surface area contributed by atoms with Gasteiger partial charge in [0.25, 0.3) is 5.91 Å². The Balaban J connectivity index is 0.000000501. The number of rotatable bonds is 18. The lowest BCUT2D eigenvalue weighted by atomic mass is 9.92. The molecule has 0 spiro atoms. The van der Waals surface area contributed by atoms with Crippen LogP contribution >= 0.6 is 0 Å². The monoisotopic (exact) mass is 1010 g/mol. The SMILES string of the molecule is CC.CC.CC(=O)C(N)Cc1ccc(CC(C)C)cc1.COC(C)(C)COC(C)(C)CNC(=O)c1ccc2c(c1)C(COC(=O)NCCC(=O)N1Cc3ccccc3CC(NN)c3ccccc31)c1ccccc1-2. The molecule has 0 aromatic heterocycles. The fourth-order valence-corrected chi connectivity index (χ4v) is 8.70. The zero-order valence-electron chi connectivity index (χ0n) is 46.1. The van der Waals surface area contributed by atoms with Crippen LogP contribution in [0.4, 0.5) is 10.5 Å². The van der Waals surface area contributed by atoms with Gasteiger partial charge < -0.3 is 35.5 Å². The summed E-state index contributed by atoms with van der Waals surface area (Å²) in [7, 11) is 1.64. The van der Waals surface area contributed by atoms with Gasteiger partial charge in [0.05, 0.1) is 36.4 Å². The van der Waals surface area contributed by atoms with Gasteiger partial charge in [-0.3, -0.25) is 25.7 Å². The number of anilines is 1. The number of nitrogens with zero attached hydrogens (tertiary/aromatic N) is 1. The summed E-state index contributed by atoms with van der Waals surface area (Å²) in [4.78, 5) is 53.0. The fraction of sp³-hybridized carbons (Fsp3) is 0.443. The van der Waals surface area contributed by atoms with E-state index in [1.165, 1.54) is 12.5 Å². The highest BCUT2D eigenvalue weighted by Crippen LogP contribution is 2.45. The third-order valence-electron chi connectivity index (χ3n) is 13.0. The van der Waals surface area contributed by atoms with Crippen LogP contribution in [-0.4, -0.2) is 74.3 Å². The number of nitrogens with one attached hydrogen (secondary N) is 3. The highest BCUT2D eigenvalue weighted by atomic mass is 16.6. The maximum Gasteiger partial charge on any atom is 0.407 e. The van der Waals surface area contributed by atoms with Crippen molar-refractivity contribution < 1.29 is 33.4 Å². The van der Waals surface area contributed by atoms with E-state index in [1.807, 2.05) is 140 Å². The molecule has 0 saturated carbocycles. The molecule has 3 unspecified atom stereocenters. The van der Waals surface area contributed by atoms with Crippen LogP contribution in [0.25, 0.3) is 11.1 Å². The van der Waals surface area contributed by atoms with Crippen molar-refractivity contribution in [1.29, 1.82) is 0 Å². The number of hydrazine groups is 1. The van der Waals surface area contributed by atoms with Gasteiger partial charge in [-0.05, 0) is 128 Å². The zero-order valence-corrected chi connectivity index (χ0v) is 46.1. The number of ketones is 1. The molecule has 3 atom stereocenters. The second-order valence-corrected chi connectivity index (χ2v) is 20.0. The van der Waals surface area contributed by atoms with Gasteiger partial charge in [-0.15, -0.1) is 0 Å². The fourth-order valence-electron chi connectivity index (χ4n) is 8.70. The summed E-state index contributed by atoms with van der Waals surface area (Å²) in [6.45, 7) is 23.0. The van der Waals surface area contributed by atoms with Crippen LogP contribution in [0.2, 0.25) is 0 Å². The average molecular weight is 1010 g/mol. The van der Waals surface area contributed by atoms with Gasteiger partial charge in [0.2, 0.25) is 5.91 Å².